The maximum absolute atomic E-state index is 13.7. The van der Waals surface area contributed by atoms with Crippen LogP contribution in [0.25, 0.3) is 0 Å². The Morgan fingerprint density at radius 1 is 0.460 bits per heavy atom. The van der Waals surface area contributed by atoms with Crippen LogP contribution in [0, 0.1) is 23.7 Å². The van der Waals surface area contributed by atoms with Crippen molar-refractivity contribution < 1.29 is 24.0 Å². The van der Waals surface area contributed by atoms with Crippen molar-refractivity contribution >= 4 is 29.4 Å². The normalized spacial score (nSPS) is 13.8. The van der Waals surface area contributed by atoms with E-state index in [-0.39, 0.29) is 35.3 Å². The van der Waals surface area contributed by atoms with Crippen molar-refractivity contribution in [1.82, 2.24) is 21.3 Å². The molecule has 4 amide bonds. The standard InChI is InChI=1S/C41H78N4O5/c1-9-33(7)23-13-16-27-38(47)42-29-19-17-24-35(40(49)34(8)10-2)45-41(50)36(44-39(48)28-15-12-22-32(5)6)25-18-20-30-43-37(46)26-14-11-21-31(3)4/h31-36H,9-30H2,1-8H3,(H,42,47)(H,43,46)(H,44,48)(H,45,50). The summed E-state index contributed by atoms with van der Waals surface area (Å²) in [5.41, 5.74) is 0. The summed E-state index contributed by atoms with van der Waals surface area (Å²) < 4.78 is 0. The molecule has 0 heterocycles. The molecular formula is C41H78N4O5. The topological polar surface area (TPSA) is 133 Å². The van der Waals surface area contributed by atoms with Gasteiger partial charge in [-0.3, -0.25) is 24.0 Å². The Balaban J connectivity index is 5.11. The Kier molecular flexibility index (Phi) is 28.7. The first-order valence-electron chi connectivity index (χ1n) is 20.5. The minimum absolute atomic E-state index is 0.000983. The van der Waals surface area contributed by atoms with Crippen molar-refractivity contribution in [3.8, 4) is 0 Å². The molecule has 0 aliphatic carbocycles. The van der Waals surface area contributed by atoms with Crippen molar-refractivity contribution in [2.75, 3.05) is 13.1 Å². The van der Waals surface area contributed by atoms with E-state index in [4.69, 9.17) is 0 Å². The average Bonchev–Trinajstić information content (AvgIpc) is 3.07. The van der Waals surface area contributed by atoms with Gasteiger partial charge in [-0.25, -0.2) is 0 Å². The van der Waals surface area contributed by atoms with Gasteiger partial charge in [0.05, 0.1) is 6.04 Å². The third-order valence-corrected chi connectivity index (χ3v) is 9.81. The SMILES string of the molecule is CCC(C)CCCCC(=O)NCCCCC(NC(=O)C(CCCCNC(=O)CCCCC(C)C)NC(=O)CCCCC(C)C)C(=O)C(C)CC. The van der Waals surface area contributed by atoms with E-state index in [1.165, 1.54) is 6.42 Å². The third-order valence-electron chi connectivity index (χ3n) is 9.81. The molecule has 0 saturated heterocycles. The average molecular weight is 707 g/mol. The fourth-order valence-corrected chi connectivity index (χ4v) is 5.88. The summed E-state index contributed by atoms with van der Waals surface area (Å²) in [6.45, 7) is 18.1. The molecule has 0 radical (unpaired) electrons. The highest BCUT2D eigenvalue weighted by atomic mass is 16.2. The molecule has 0 aromatic rings. The number of hydrogen-bond acceptors (Lipinski definition) is 5. The van der Waals surface area contributed by atoms with Crippen LogP contribution in [0.3, 0.4) is 0 Å². The first-order chi connectivity index (χ1) is 23.8. The minimum Gasteiger partial charge on any atom is -0.356 e. The van der Waals surface area contributed by atoms with Crippen molar-refractivity contribution in [3.05, 3.63) is 0 Å². The van der Waals surface area contributed by atoms with E-state index in [0.29, 0.717) is 88.6 Å². The summed E-state index contributed by atoms with van der Waals surface area (Å²) in [7, 11) is 0. The van der Waals surface area contributed by atoms with Crippen LogP contribution in [0.5, 0.6) is 0 Å². The van der Waals surface area contributed by atoms with Gasteiger partial charge in [-0.15, -0.1) is 0 Å². The van der Waals surface area contributed by atoms with Gasteiger partial charge < -0.3 is 21.3 Å². The zero-order valence-electron chi connectivity index (χ0n) is 33.6. The fraction of sp³-hybridized carbons (Fsp3) is 0.878. The van der Waals surface area contributed by atoms with E-state index in [1.54, 1.807) is 0 Å². The van der Waals surface area contributed by atoms with E-state index in [2.05, 4.69) is 62.8 Å². The summed E-state index contributed by atoms with van der Waals surface area (Å²) >= 11 is 0. The monoisotopic (exact) mass is 707 g/mol. The maximum Gasteiger partial charge on any atom is 0.243 e. The van der Waals surface area contributed by atoms with E-state index in [9.17, 15) is 24.0 Å². The second kappa shape index (κ2) is 30.2. The minimum atomic E-state index is -0.744. The molecular weight excluding hydrogens is 628 g/mol. The van der Waals surface area contributed by atoms with Crippen LogP contribution in [0.4, 0.5) is 0 Å². The molecule has 0 spiro atoms. The van der Waals surface area contributed by atoms with Crippen LogP contribution in [0.2, 0.25) is 0 Å². The zero-order chi connectivity index (χ0) is 37.7. The molecule has 0 aromatic carbocycles. The Bertz CT molecular complexity index is 938. The second-order valence-corrected chi connectivity index (χ2v) is 15.6. The van der Waals surface area contributed by atoms with Crippen molar-refractivity contribution in [2.24, 2.45) is 23.7 Å². The molecule has 0 aliphatic rings. The highest BCUT2D eigenvalue weighted by molar-refractivity contribution is 5.93. The Morgan fingerprint density at radius 2 is 0.900 bits per heavy atom. The summed E-state index contributed by atoms with van der Waals surface area (Å²) in [5.74, 6) is 1.37. The van der Waals surface area contributed by atoms with Gasteiger partial charge in [0.2, 0.25) is 23.6 Å². The number of carbonyl (C=O) groups is 5. The number of nitrogens with one attached hydrogen (secondary N) is 4. The van der Waals surface area contributed by atoms with Gasteiger partial charge in [-0.1, -0.05) is 100 Å². The molecule has 0 aliphatic heterocycles. The number of Topliss-reactive ketones (excluding diaryl/α,β-unsaturated/α-hetero) is 1. The highest BCUT2D eigenvalue weighted by Gasteiger charge is 2.28. The molecule has 9 nitrogen and oxygen atoms in total. The predicted molar refractivity (Wildman–Crippen MR) is 207 cm³/mol. The van der Waals surface area contributed by atoms with Crippen LogP contribution in [-0.2, 0) is 24.0 Å². The maximum atomic E-state index is 13.7. The van der Waals surface area contributed by atoms with Gasteiger partial charge in [0.1, 0.15) is 6.04 Å². The van der Waals surface area contributed by atoms with Crippen molar-refractivity contribution in [2.45, 2.75) is 196 Å². The lowest BCUT2D eigenvalue weighted by Crippen LogP contribution is -2.52. The summed E-state index contributed by atoms with van der Waals surface area (Å²) in [6, 6.07) is -1.39. The van der Waals surface area contributed by atoms with Gasteiger partial charge in [0, 0.05) is 38.3 Å². The lowest BCUT2D eigenvalue weighted by molar-refractivity contribution is -0.132. The molecule has 0 aromatic heterocycles. The number of amides is 4. The van der Waals surface area contributed by atoms with Crippen molar-refractivity contribution in [3.63, 3.8) is 0 Å². The molecule has 292 valence electrons. The van der Waals surface area contributed by atoms with Crippen LogP contribution >= 0.6 is 0 Å². The number of hydrogen-bond donors (Lipinski definition) is 4. The van der Waals surface area contributed by atoms with E-state index >= 15 is 0 Å². The smallest absolute Gasteiger partial charge is 0.243 e. The zero-order valence-corrected chi connectivity index (χ0v) is 33.6. The van der Waals surface area contributed by atoms with E-state index in [1.807, 2.05) is 13.8 Å². The third kappa shape index (κ3) is 26.4. The van der Waals surface area contributed by atoms with Gasteiger partial charge in [0.15, 0.2) is 5.78 Å². The molecule has 0 fully saturated rings. The Morgan fingerprint density at radius 3 is 1.36 bits per heavy atom. The molecule has 4 atom stereocenters. The number of rotatable bonds is 32. The van der Waals surface area contributed by atoms with Gasteiger partial charge in [-0.05, 0) is 82.0 Å². The molecule has 0 saturated carbocycles. The van der Waals surface area contributed by atoms with Gasteiger partial charge >= 0.3 is 0 Å². The van der Waals surface area contributed by atoms with Crippen LogP contribution < -0.4 is 21.3 Å². The largest absolute Gasteiger partial charge is 0.356 e. The number of ketones is 1. The number of carbonyl (C=O) groups excluding carboxylic acids is 5. The highest BCUT2D eigenvalue weighted by Crippen LogP contribution is 2.15. The first kappa shape index (κ1) is 47.5. The van der Waals surface area contributed by atoms with Gasteiger partial charge in [0.25, 0.3) is 0 Å². The molecule has 4 N–H and O–H groups in total. The summed E-state index contributed by atoms with van der Waals surface area (Å²) in [5, 5.41) is 11.9. The fourth-order valence-electron chi connectivity index (χ4n) is 5.88. The summed E-state index contributed by atoms with van der Waals surface area (Å²) in [4.78, 5) is 64.4. The second-order valence-electron chi connectivity index (χ2n) is 15.6. The lowest BCUT2D eigenvalue weighted by atomic mass is 9.93. The quantitative estimate of drug-likeness (QED) is 0.0524. The Hall–Kier alpha value is -2.45. The van der Waals surface area contributed by atoms with E-state index < -0.39 is 12.1 Å². The van der Waals surface area contributed by atoms with Crippen molar-refractivity contribution in [1.29, 1.82) is 0 Å². The summed E-state index contributed by atoms with van der Waals surface area (Å²) in [6.07, 6.45) is 15.9. The molecule has 50 heavy (non-hydrogen) atoms. The first-order valence-corrected chi connectivity index (χ1v) is 20.5. The Labute approximate surface area is 306 Å². The molecule has 9 heteroatoms. The molecule has 4 unspecified atom stereocenters. The van der Waals surface area contributed by atoms with Gasteiger partial charge in [-0.2, -0.15) is 0 Å². The van der Waals surface area contributed by atoms with E-state index in [0.717, 1.165) is 64.2 Å². The van der Waals surface area contributed by atoms with Crippen LogP contribution in [0.15, 0.2) is 0 Å². The predicted octanol–water partition coefficient (Wildman–Crippen LogP) is 8.18. The molecule has 0 rings (SSSR count). The van der Waals surface area contributed by atoms with Crippen LogP contribution in [0.1, 0.15) is 184 Å². The van der Waals surface area contributed by atoms with Crippen LogP contribution in [-0.4, -0.2) is 54.6 Å². The lowest BCUT2D eigenvalue weighted by Gasteiger charge is -2.25. The number of unbranched alkanes of at least 4 members (excludes halogenated alkanes) is 5. The molecule has 0 bridgehead atoms.